The molecule has 0 spiro atoms. The second-order valence-electron chi connectivity index (χ2n) is 9.84. The Balaban J connectivity index is 1.18. The predicted molar refractivity (Wildman–Crippen MR) is 147 cm³/mol. The van der Waals surface area contributed by atoms with Crippen molar-refractivity contribution in [1.82, 2.24) is 14.7 Å². The average molecular weight is 537 g/mol. The Hall–Kier alpha value is -3.43. The lowest BCUT2D eigenvalue weighted by Gasteiger charge is -2.40. The maximum atomic E-state index is 14.1. The van der Waals surface area contributed by atoms with Gasteiger partial charge in [-0.15, -0.1) is 11.3 Å². The van der Waals surface area contributed by atoms with Gasteiger partial charge < -0.3 is 19.9 Å². The normalized spacial score (nSPS) is 19.7. The molecule has 3 aromatic rings. The highest BCUT2D eigenvalue weighted by Crippen LogP contribution is 2.38. The van der Waals surface area contributed by atoms with Crippen LogP contribution < -0.4 is 10.1 Å². The van der Waals surface area contributed by atoms with Crippen molar-refractivity contribution >= 4 is 29.0 Å². The predicted octanol–water partition coefficient (Wildman–Crippen LogP) is 5.00. The first-order chi connectivity index (χ1) is 18.4. The van der Waals surface area contributed by atoms with Gasteiger partial charge in [0.05, 0.1) is 13.2 Å². The first-order valence-electron chi connectivity index (χ1n) is 13.0. The van der Waals surface area contributed by atoms with Crippen LogP contribution in [0.25, 0.3) is 0 Å². The Labute approximate surface area is 226 Å². The topological polar surface area (TPSA) is 65.1 Å². The maximum absolute atomic E-state index is 14.1. The molecular weight excluding hydrogens is 503 g/mol. The van der Waals surface area contributed by atoms with Crippen LogP contribution in [0.15, 0.2) is 60.0 Å². The molecule has 1 fully saturated rings. The van der Waals surface area contributed by atoms with Crippen LogP contribution in [0, 0.1) is 5.82 Å². The van der Waals surface area contributed by atoms with Crippen LogP contribution in [0.2, 0.25) is 0 Å². The second kappa shape index (κ2) is 11.5. The van der Waals surface area contributed by atoms with Crippen LogP contribution >= 0.6 is 11.3 Å². The Bertz CT molecular complexity index is 1300. The van der Waals surface area contributed by atoms with Crippen molar-refractivity contribution in [2.75, 3.05) is 45.2 Å². The third-order valence-corrected chi connectivity index (χ3v) is 8.40. The molecule has 2 aromatic carbocycles. The van der Waals surface area contributed by atoms with E-state index in [2.05, 4.69) is 21.7 Å². The fraction of sp³-hybridized carbons (Fsp3) is 0.379. The number of carbonyl (C=O) groups is 2. The zero-order valence-electron chi connectivity index (χ0n) is 21.7. The molecule has 1 saturated heterocycles. The summed E-state index contributed by atoms with van der Waals surface area (Å²) in [5.41, 5.74) is 2.80. The Morgan fingerprint density at radius 3 is 2.74 bits per heavy atom. The summed E-state index contributed by atoms with van der Waals surface area (Å²) in [6.07, 6.45) is 1.32. The summed E-state index contributed by atoms with van der Waals surface area (Å²) in [5, 5.41) is 5.02. The Morgan fingerprint density at radius 2 is 1.95 bits per heavy atom. The molecule has 200 valence electrons. The number of amides is 3. The van der Waals surface area contributed by atoms with Gasteiger partial charge >= 0.3 is 6.03 Å². The number of nitrogens with zero attached hydrogens (tertiary/aromatic N) is 3. The molecule has 1 N–H and O–H groups in total. The first-order valence-corrected chi connectivity index (χ1v) is 13.9. The van der Waals surface area contributed by atoms with Crippen LogP contribution in [-0.4, -0.2) is 72.5 Å². The van der Waals surface area contributed by atoms with Gasteiger partial charge in [-0.2, -0.15) is 0 Å². The van der Waals surface area contributed by atoms with Crippen LogP contribution in [0.5, 0.6) is 5.75 Å². The van der Waals surface area contributed by atoms with Crippen LogP contribution in [0.1, 0.15) is 35.4 Å². The minimum absolute atomic E-state index is 0.0513. The molecule has 7 nitrogen and oxygen atoms in total. The van der Waals surface area contributed by atoms with Crippen molar-refractivity contribution in [2.24, 2.45) is 0 Å². The number of rotatable bonds is 6. The van der Waals surface area contributed by atoms with Gasteiger partial charge in [-0.3, -0.25) is 9.69 Å². The molecule has 5 rings (SSSR count). The summed E-state index contributed by atoms with van der Waals surface area (Å²) in [7, 11) is 1.59. The number of urea groups is 1. The van der Waals surface area contributed by atoms with E-state index in [1.807, 2.05) is 36.1 Å². The number of anilines is 1. The van der Waals surface area contributed by atoms with Crippen LogP contribution in [0.4, 0.5) is 14.9 Å². The summed E-state index contributed by atoms with van der Waals surface area (Å²) in [4.78, 5) is 33.4. The van der Waals surface area contributed by atoms with Crippen molar-refractivity contribution in [1.29, 1.82) is 0 Å². The van der Waals surface area contributed by atoms with Gasteiger partial charge in [0, 0.05) is 61.8 Å². The molecule has 0 saturated carbocycles. The minimum Gasteiger partial charge on any atom is -0.497 e. The van der Waals surface area contributed by atoms with Crippen molar-refractivity contribution in [2.45, 2.75) is 31.8 Å². The van der Waals surface area contributed by atoms with Gasteiger partial charge in [-0.25, -0.2) is 9.18 Å². The largest absolute Gasteiger partial charge is 0.497 e. The van der Waals surface area contributed by atoms with E-state index in [1.54, 1.807) is 41.5 Å². The summed E-state index contributed by atoms with van der Waals surface area (Å²) in [6.45, 7) is 4.85. The molecular formula is C29H33FN4O3S. The molecule has 3 heterocycles. The van der Waals surface area contributed by atoms with E-state index < -0.39 is 0 Å². The Morgan fingerprint density at radius 1 is 1.11 bits per heavy atom. The average Bonchev–Trinajstić information content (AvgIpc) is 3.40. The molecule has 0 radical (unpaired) electrons. The third kappa shape index (κ3) is 5.68. The van der Waals surface area contributed by atoms with Crippen molar-refractivity contribution in [3.63, 3.8) is 0 Å². The molecule has 1 aromatic heterocycles. The van der Waals surface area contributed by atoms with Gasteiger partial charge in [0.15, 0.2) is 0 Å². The molecule has 2 aliphatic rings. The standard InChI is InChI=1S/C29H33FN4O3S/c1-20-19-33(14-15-34(20)29(36)31-23-7-4-8-24(18-23)37-2)27(35)10-13-32-12-9-26-25(11-16-38-26)28(32)21-5-3-6-22(30)17-21/h3-8,11,16-18,20,28H,9-10,12-15,19H2,1-2H3,(H,31,36)/t20-,28-/m0/s1. The summed E-state index contributed by atoms with van der Waals surface area (Å²) >= 11 is 1.74. The number of benzene rings is 2. The first kappa shape index (κ1) is 26.2. The monoisotopic (exact) mass is 536 g/mol. The quantitative estimate of drug-likeness (QED) is 0.482. The van der Waals surface area contributed by atoms with Gasteiger partial charge in [0.25, 0.3) is 0 Å². The lowest BCUT2D eigenvalue weighted by molar-refractivity contribution is -0.134. The molecule has 0 unspecified atom stereocenters. The highest BCUT2D eigenvalue weighted by Gasteiger charge is 2.32. The van der Waals surface area contributed by atoms with Gasteiger partial charge in [-0.1, -0.05) is 18.2 Å². The number of hydrogen-bond donors (Lipinski definition) is 1. The summed E-state index contributed by atoms with van der Waals surface area (Å²) in [5.74, 6) is 0.511. The molecule has 3 amide bonds. The number of methoxy groups -OCH3 is 1. The smallest absolute Gasteiger partial charge is 0.322 e. The van der Waals surface area contributed by atoms with Crippen molar-refractivity contribution in [3.8, 4) is 5.75 Å². The van der Waals surface area contributed by atoms with E-state index >= 15 is 0 Å². The number of hydrogen-bond acceptors (Lipinski definition) is 5. The number of ether oxygens (including phenoxy) is 1. The van der Waals surface area contributed by atoms with Crippen LogP contribution in [-0.2, 0) is 11.2 Å². The van der Waals surface area contributed by atoms with Crippen LogP contribution in [0.3, 0.4) is 0 Å². The molecule has 2 aliphatic heterocycles. The van der Waals surface area contributed by atoms with Crippen molar-refractivity contribution in [3.05, 3.63) is 81.8 Å². The second-order valence-corrected chi connectivity index (χ2v) is 10.8. The maximum Gasteiger partial charge on any atom is 0.322 e. The van der Waals surface area contributed by atoms with Gasteiger partial charge in [-0.05, 0) is 60.2 Å². The SMILES string of the molecule is COc1cccc(NC(=O)N2CCN(C(=O)CCN3CCc4sccc4[C@@H]3c3cccc(F)c3)C[C@@H]2C)c1. The van der Waals surface area contributed by atoms with E-state index in [9.17, 15) is 14.0 Å². The number of halogens is 1. The van der Waals surface area contributed by atoms with E-state index in [1.165, 1.54) is 16.5 Å². The highest BCUT2D eigenvalue weighted by molar-refractivity contribution is 7.10. The fourth-order valence-electron chi connectivity index (χ4n) is 5.46. The highest BCUT2D eigenvalue weighted by atomic mass is 32.1. The summed E-state index contributed by atoms with van der Waals surface area (Å²) in [6, 6.07) is 15.8. The third-order valence-electron chi connectivity index (χ3n) is 7.41. The lowest BCUT2D eigenvalue weighted by atomic mass is 9.93. The number of thiophene rings is 1. The van der Waals surface area contributed by atoms with E-state index in [-0.39, 0.29) is 29.8 Å². The molecule has 38 heavy (non-hydrogen) atoms. The Kier molecular flexibility index (Phi) is 7.95. The minimum atomic E-state index is -0.247. The number of fused-ring (bicyclic) bond motifs is 1. The van der Waals surface area contributed by atoms with E-state index in [0.717, 1.165) is 18.5 Å². The fourth-order valence-corrected chi connectivity index (χ4v) is 6.36. The zero-order valence-corrected chi connectivity index (χ0v) is 22.5. The number of nitrogens with one attached hydrogen (secondary N) is 1. The lowest BCUT2D eigenvalue weighted by Crippen LogP contribution is -2.56. The zero-order chi connectivity index (χ0) is 26.6. The summed E-state index contributed by atoms with van der Waals surface area (Å²) < 4.78 is 19.3. The molecule has 9 heteroatoms. The number of carbonyl (C=O) groups excluding carboxylic acids is 2. The van der Waals surface area contributed by atoms with E-state index in [4.69, 9.17) is 4.74 Å². The molecule has 0 bridgehead atoms. The molecule has 2 atom stereocenters. The van der Waals surface area contributed by atoms with Crippen molar-refractivity contribution < 1.29 is 18.7 Å². The van der Waals surface area contributed by atoms with Gasteiger partial charge in [0.1, 0.15) is 11.6 Å². The number of piperazine rings is 1. The van der Waals surface area contributed by atoms with Gasteiger partial charge in [0.2, 0.25) is 5.91 Å². The van der Waals surface area contributed by atoms with E-state index in [0.29, 0.717) is 44.0 Å². The molecule has 0 aliphatic carbocycles.